The number of hydrogen-bond acceptors (Lipinski definition) is 4. The molecular weight excluding hydrogens is 256 g/mol. The van der Waals surface area contributed by atoms with E-state index in [1.165, 1.54) is 0 Å². The molecule has 1 aliphatic heterocycles. The zero-order chi connectivity index (χ0) is 13.9. The first kappa shape index (κ1) is 13.0. The standard InChI is InChI=1S/C15H18N2O3/c1-2-15-16-5-6-17(15)10-12(18)11-3-4-13-14(9-11)20-8-7-19-13/h3-6,9,12,18H,2,7-8,10H2,1H3. The van der Waals surface area contributed by atoms with Crippen LogP contribution in [0.1, 0.15) is 24.4 Å². The number of hydrogen-bond donors (Lipinski definition) is 1. The van der Waals surface area contributed by atoms with Crippen molar-refractivity contribution in [2.45, 2.75) is 26.0 Å². The van der Waals surface area contributed by atoms with Gasteiger partial charge in [0.1, 0.15) is 19.0 Å². The van der Waals surface area contributed by atoms with Gasteiger partial charge in [0.15, 0.2) is 11.5 Å². The summed E-state index contributed by atoms with van der Waals surface area (Å²) in [5.74, 6) is 2.42. The van der Waals surface area contributed by atoms with E-state index in [1.54, 1.807) is 6.20 Å². The van der Waals surface area contributed by atoms with Crippen LogP contribution in [0, 0.1) is 0 Å². The maximum atomic E-state index is 10.4. The van der Waals surface area contributed by atoms with Gasteiger partial charge in [0, 0.05) is 18.8 Å². The Morgan fingerprint density at radius 1 is 1.30 bits per heavy atom. The van der Waals surface area contributed by atoms with Crippen LogP contribution >= 0.6 is 0 Å². The quantitative estimate of drug-likeness (QED) is 0.926. The van der Waals surface area contributed by atoms with Crippen LogP contribution < -0.4 is 9.47 Å². The highest BCUT2D eigenvalue weighted by atomic mass is 16.6. The van der Waals surface area contributed by atoms with Gasteiger partial charge in [-0.25, -0.2) is 4.98 Å². The van der Waals surface area contributed by atoms with Crippen molar-refractivity contribution >= 4 is 0 Å². The summed E-state index contributed by atoms with van der Waals surface area (Å²) in [6.07, 6.45) is 3.90. The van der Waals surface area contributed by atoms with E-state index >= 15 is 0 Å². The Morgan fingerprint density at radius 2 is 2.10 bits per heavy atom. The fourth-order valence-electron chi connectivity index (χ4n) is 2.38. The molecule has 0 radical (unpaired) electrons. The minimum atomic E-state index is -0.592. The minimum absolute atomic E-state index is 0.489. The molecule has 0 bridgehead atoms. The van der Waals surface area contributed by atoms with Crippen LogP contribution in [0.3, 0.4) is 0 Å². The van der Waals surface area contributed by atoms with Gasteiger partial charge in [-0.15, -0.1) is 0 Å². The first-order valence-corrected chi connectivity index (χ1v) is 6.85. The van der Waals surface area contributed by atoms with Crippen LogP contribution in [0.25, 0.3) is 0 Å². The van der Waals surface area contributed by atoms with Gasteiger partial charge in [-0.05, 0) is 17.7 Å². The number of imidazole rings is 1. The van der Waals surface area contributed by atoms with Crippen molar-refractivity contribution < 1.29 is 14.6 Å². The average molecular weight is 274 g/mol. The molecule has 20 heavy (non-hydrogen) atoms. The highest BCUT2D eigenvalue weighted by Crippen LogP contribution is 2.33. The molecule has 2 heterocycles. The van der Waals surface area contributed by atoms with E-state index in [0.29, 0.717) is 25.5 Å². The smallest absolute Gasteiger partial charge is 0.161 e. The molecule has 2 aromatic rings. The third kappa shape index (κ3) is 2.49. The Bertz CT molecular complexity index is 595. The Balaban J connectivity index is 1.78. The Kier molecular flexibility index (Phi) is 3.60. The van der Waals surface area contributed by atoms with Gasteiger partial charge >= 0.3 is 0 Å². The zero-order valence-electron chi connectivity index (χ0n) is 11.5. The zero-order valence-corrected chi connectivity index (χ0v) is 11.5. The molecule has 106 valence electrons. The van der Waals surface area contributed by atoms with Crippen molar-refractivity contribution in [2.75, 3.05) is 13.2 Å². The predicted molar refractivity (Wildman–Crippen MR) is 74.0 cm³/mol. The Hall–Kier alpha value is -2.01. The summed E-state index contributed by atoms with van der Waals surface area (Å²) >= 11 is 0. The van der Waals surface area contributed by atoms with Gasteiger partial charge in [0.2, 0.25) is 0 Å². The van der Waals surface area contributed by atoms with Gasteiger partial charge in [0.05, 0.1) is 12.6 Å². The van der Waals surface area contributed by atoms with Gasteiger partial charge < -0.3 is 19.1 Å². The second-order valence-corrected chi connectivity index (χ2v) is 4.77. The lowest BCUT2D eigenvalue weighted by molar-refractivity contribution is 0.151. The van der Waals surface area contributed by atoms with E-state index in [9.17, 15) is 5.11 Å². The number of fused-ring (bicyclic) bond motifs is 1. The molecule has 0 saturated carbocycles. The molecule has 1 atom stereocenters. The molecule has 1 unspecified atom stereocenters. The second-order valence-electron chi connectivity index (χ2n) is 4.77. The maximum absolute atomic E-state index is 10.4. The van der Waals surface area contributed by atoms with Crippen molar-refractivity contribution in [3.05, 3.63) is 42.0 Å². The molecule has 5 nitrogen and oxygen atoms in total. The SMILES string of the molecule is CCc1nccn1CC(O)c1ccc2c(c1)OCCO2. The lowest BCUT2D eigenvalue weighted by atomic mass is 10.1. The molecule has 1 aromatic heterocycles. The topological polar surface area (TPSA) is 56.5 Å². The van der Waals surface area contributed by atoms with Crippen molar-refractivity contribution in [3.8, 4) is 11.5 Å². The number of nitrogens with zero attached hydrogens (tertiary/aromatic N) is 2. The minimum Gasteiger partial charge on any atom is -0.486 e. The molecule has 0 saturated heterocycles. The number of rotatable bonds is 4. The summed E-state index contributed by atoms with van der Waals surface area (Å²) in [6.45, 7) is 3.66. The number of ether oxygens (including phenoxy) is 2. The monoisotopic (exact) mass is 274 g/mol. The van der Waals surface area contributed by atoms with Crippen molar-refractivity contribution in [2.24, 2.45) is 0 Å². The van der Waals surface area contributed by atoms with E-state index in [4.69, 9.17) is 9.47 Å². The molecule has 0 spiro atoms. The van der Waals surface area contributed by atoms with E-state index in [2.05, 4.69) is 11.9 Å². The summed E-state index contributed by atoms with van der Waals surface area (Å²) in [5.41, 5.74) is 0.824. The van der Waals surface area contributed by atoms with Gasteiger partial charge in [-0.1, -0.05) is 13.0 Å². The normalized spacial score (nSPS) is 15.1. The van der Waals surface area contributed by atoms with Crippen LogP contribution in [-0.4, -0.2) is 27.9 Å². The van der Waals surface area contributed by atoms with E-state index in [-0.39, 0.29) is 0 Å². The number of benzene rings is 1. The lowest BCUT2D eigenvalue weighted by Crippen LogP contribution is -2.16. The van der Waals surface area contributed by atoms with Crippen molar-refractivity contribution in [1.29, 1.82) is 0 Å². The average Bonchev–Trinajstić information content (AvgIpc) is 2.94. The van der Waals surface area contributed by atoms with Crippen LogP contribution in [0.15, 0.2) is 30.6 Å². The summed E-state index contributed by atoms with van der Waals surface area (Å²) in [5, 5.41) is 10.4. The Labute approximate surface area is 117 Å². The fourth-order valence-corrected chi connectivity index (χ4v) is 2.38. The van der Waals surface area contributed by atoms with Gasteiger partial charge in [-0.3, -0.25) is 0 Å². The first-order valence-electron chi connectivity index (χ1n) is 6.85. The molecule has 5 heteroatoms. The predicted octanol–water partition coefficient (Wildman–Crippen LogP) is 1.95. The van der Waals surface area contributed by atoms with Crippen LogP contribution in [-0.2, 0) is 13.0 Å². The maximum Gasteiger partial charge on any atom is 0.161 e. The molecular formula is C15H18N2O3. The Morgan fingerprint density at radius 3 is 2.90 bits per heavy atom. The van der Waals surface area contributed by atoms with Crippen LogP contribution in [0.4, 0.5) is 0 Å². The fraction of sp³-hybridized carbons (Fsp3) is 0.400. The van der Waals surface area contributed by atoms with Crippen molar-refractivity contribution in [1.82, 2.24) is 9.55 Å². The van der Waals surface area contributed by atoms with Gasteiger partial charge in [0.25, 0.3) is 0 Å². The first-order chi connectivity index (χ1) is 9.78. The van der Waals surface area contributed by atoms with E-state index in [1.807, 2.05) is 29.0 Å². The summed E-state index contributed by atoms with van der Waals surface area (Å²) in [7, 11) is 0. The number of aliphatic hydroxyl groups is 1. The number of aliphatic hydroxyl groups excluding tert-OH is 1. The number of aromatic nitrogens is 2. The second kappa shape index (κ2) is 5.54. The lowest BCUT2D eigenvalue weighted by Gasteiger charge is -2.20. The van der Waals surface area contributed by atoms with Gasteiger partial charge in [-0.2, -0.15) is 0 Å². The highest BCUT2D eigenvalue weighted by molar-refractivity contribution is 5.44. The summed E-state index contributed by atoms with van der Waals surface area (Å²) in [6, 6.07) is 5.57. The molecule has 1 aromatic carbocycles. The highest BCUT2D eigenvalue weighted by Gasteiger charge is 2.16. The molecule has 3 rings (SSSR count). The van der Waals surface area contributed by atoms with E-state index in [0.717, 1.165) is 23.6 Å². The van der Waals surface area contributed by atoms with E-state index < -0.39 is 6.10 Å². The number of aryl methyl sites for hydroxylation is 1. The summed E-state index contributed by atoms with van der Waals surface area (Å²) in [4.78, 5) is 4.26. The molecule has 0 amide bonds. The van der Waals surface area contributed by atoms with Crippen molar-refractivity contribution in [3.63, 3.8) is 0 Å². The largest absolute Gasteiger partial charge is 0.486 e. The van der Waals surface area contributed by atoms with Crippen LogP contribution in [0.2, 0.25) is 0 Å². The molecule has 1 N–H and O–H groups in total. The third-order valence-corrected chi connectivity index (χ3v) is 3.44. The third-order valence-electron chi connectivity index (χ3n) is 3.44. The summed E-state index contributed by atoms with van der Waals surface area (Å²) < 4.78 is 13.0. The molecule has 0 aliphatic carbocycles. The molecule has 0 fully saturated rings. The molecule has 1 aliphatic rings. The van der Waals surface area contributed by atoms with Crippen LogP contribution in [0.5, 0.6) is 11.5 Å².